The van der Waals surface area contributed by atoms with Gasteiger partial charge in [0.1, 0.15) is 18.1 Å². The number of ketones is 1. The third-order valence-electron chi connectivity index (χ3n) is 4.11. The number of aryl methyl sites for hydroxylation is 1. The molecule has 0 aromatic heterocycles. The van der Waals surface area contributed by atoms with Gasteiger partial charge < -0.3 is 19.3 Å². The van der Waals surface area contributed by atoms with Crippen LogP contribution in [0.4, 0.5) is 0 Å². The van der Waals surface area contributed by atoms with Gasteiger partial charge >= 0.3 is 5.97 Å². The van der Waals surface area contributed by atoms with E-state index < -0.39 is 5.97 Å². The first kappa shape index (κ1) is 19.7. The van der Waals surface area contributed by atoms with Crippen molar-refractivity contribution < 1.29 is 28.9 Å². The molecule has 1 aliphatic rings. The summed E-state index contributed by atoms with van der Waals surface area (Å²) in [5, 5.41) is 9.77. The highest BCUT2D eigenvalue weighted by molar-refractivity contribution is 5.92. The number of allylic oxidation sites excluding steroid dienone is 3. The van der Waals surface area contributed by atoms with Crippen LogP contribution in [0.15, 0.2) is 47.6 Å². The van der Waals surface area contributed by atoms with E-state index in [0.717, 1.165) is 11.1 Å². The molecule has 0 bridgehead atoms. The first-order chi connectivity index (χ1) is 12.4. The fourth-order valence-corrected chi connectivity index (χ4v) is 2.87. The molecule has 0 aliphatic heterocycles. The number of esters is 1. The van der Waals surface area contributed by atoms with E-state index in [9.17, 15) is 14.7 Å². The summed E-state index contributed by atoms with van der Waals surface area (Å²) in [6.07, 6.45) is 2.21. The number of ether oxygens (including phenoxy) is 3. The summed E-state index contributed by atoms with van der Waals surface area (Å²) < 4.78 is 15.4. The van der Waals surface area contributed by atoms with Gasteiger partial charge in [0.25, 0.3) is 0 Å². The average molecular weight is 360 g/mol. The second kappa shape index (κ2) is 9.20. The molecule has 0 spiro atoms. The van der Waals surface area contributed by atoms with E-state index >= 15 is 0 Å². The third-order valence-corrected chi connectivity index (χ3v) is 4.11. The molecule has 6 nitrogen and oxygen atoms in total. The Kier molecular flexibility index (Phi) is 6.97. The van der Waals surface area contributed by atoms with E-state index in [0.29, 0.717) is 18.6 Å². The van der Waals surface area contributed by atoms with Crippen LogP contribution in [0.5, 0.6) is 0 Å². The van der Waals surface area contributed by atoms with Gasteiger partial charge in [-0.2, -0.15) is 0 Å². The number of aliphatic hydroxyl groups is 1. The maximum absolute atomic E-state index is 12.1. The Bertz CT molecular complexity index is 728. The quantitative estimate of drug-likeness (QED) is 0.348. The number of benzene rings is 1. The van der Waals surface area contributed by atoms with Crippen LogP contribution in [-0.2, 0) is 23.8 Å². The van der Waals surface area contributed by atoms with Crippen molar-refractivity contribution in [2.45, 2.75) is 32.6 Å². The van der Waals surface area contributed by atoms with Gasteiger partial charge in [-0.05, 0) is 30.9 Å². The SMILES string of the molecule is COCCOC(=O)/C(OC1=CC(=O)CC(c2ccccc2C)C1)=C(/C)O. The molecule has 1 aromatic rings. The lowest BCUT2D eigenvalue weighted by atomic mass is 9.84. The molecular formula is C20H24O6. The monoisotopic (exact) mass is 360 g/mol. The average Bonchev–Trinajstić information content (AvgIpc) is 2.59. The topological polar surface area (TPSA) is 82.1 Å². The number of hydrogen-bond acceptors (Lipinski definition) is 6. The molecule has 0 amide bonds. The van der Waals surface area contributed by atoms with Gasteiger partial charge in [-0.25, -0.2) is 4.79 Å². The largest absolute Gasteiger partial charge is 0.508 e. The van der Waals surface area contributed by atoms with Crippen molar-refractivity contribution in [1.82, 2.24) is 0 Å². The number of methoxy groups -OCH3 is 1. The lowest BCUT2D eigenvalue weighted by Gasteiger charge is -2.24. The predicted molar refractivity (Wildman–Crippen MR) is 95.5 cm³/mol. The van der Waals surface area contributed by atoms with Crippen molar-refractivity contribution in [3.05, 3.63) is 58.7 Å². The maximum atomic E-state index is 12.1. The molecule has 0 radical (unpaired) electrons. The normalized spacial score (nSPS) is 18.0. The van der Waals surface area contributed by atoms with Gasteiger partial charge in [-0.1, -0.05) is 24.3 Å². The van der Waals surface area contributed by atoms with Crippen LogP contribution >= 0.6 is 0 Å². The van der Waals surface area contributed by atoms with Gasteiger partial charge in [-0.3, -0.25) is 4.79 Å². The van der Waals surface area contributed by atoms with E-state index in [1.54, 1.807) is 0 Å². The summed E-state index contributed by atoms with van der Waals surface area (Å²) in [6, 6.07) is 7.86. The van der Waals surface area contributed by atoms with Gasteiger partial charge in [0.2, 0.25) is 5.76 Å². The molecule has 0 saturated carbocycles. The predicted octanol–water partition coefficient (Wildman–Crippen LogP) is 3.32. The molecule has 1 N–H and O–H groups in total. The van der Waals surface area contributed by atoms with E-state index in [1.807, 2.05) is 31.2 Å². The molecule has 0 heterocycles. The summed E-state index contributed by atoms with van der Waals surface area (Å²) in [5.74, 6) is -1.20. The van der Waals surface area contributed by atoms with Gasteiger partial charge in [0, 0.05) is 26.0 Å². The minimum Gasteiger partial charge on any atom is -0.508 e. The van der Waals surface area contributed by atoms with E-state index in [4.69, 9.17) is 14.2 Å². The molecule has 6 heteroatoms. The van der Waals surface area contributed by atoms with Crippen LogP contribution in [0, 0.1) is 6.92 Å². The number of carbonyl (C=O) groups excluding carboxylic acids is 2. The second-order valence-electron chi connectivity index (χ2n) is 6.18. The highest BCUT2D eigenvalue weighted by Gasteiger charge is 2.27. The van der Waals surface area contributed by atoms with Crippen LogP contribution < -0.4 is 0 Å². The third kappa shape index (κ3) is 5.20. The number of carbonyl (C=O) groups is 2. The van der Waals surface area contributed by atoms with Crippen molar-refractivity contribution in [2.24, 2.45) is 0 Å². The number of rotatable bonds is 7. The Hall–Kier alpha value is -2.60. The van der Waals surface area contributed by atoms with Crippen molar-refractivity contribution in [3.8, 4) is 0 Å². The maximum Gasteiger partial charge on any atom is 0.377 e. The standard InChI is InChI=1S/C20H24O6/c1-13-6-4-5-7-18(13)15-10-16(22)12-17(11-15)26-19(14(2)21)20(23)25-9-8-24-3/h4-7,12,15,21H,8-11H2,1-3H3/b19-14+. The Morgan fingerprint density at radius 2 is 1.96 bits per heavy atom. The molecule has 1 aromatic carbocycles. The molecule has 0 fully saturated rings. The molecule has 1 unspecified atom stereocenters. The lowest BCUT2D eigenvalue weighted by Crippen LogP contribution is -2.19. The van der Waals surface area contributed by atoms with Crippen LogP contribution in [0.25, 0.3) is 0 Å². The molecule has 26 heavy (non-hydrogen) atoms. The summed E-state index contributed by atoms with van der Waals surface area (Å²) in [5.41, 5.74) is 2.17. The number of aliphatic hydroxyl groups excluding tert-OH is 1. The van der Waals surface area contributed by atoms with Crippen molar-refractivity contribution in [2.75, 3.05) is 20.3 Å². The van der Waals surface area contributed by atoms with Crippen LogP contribution in [0.3, 0.4) is 0 Å². The Labute approximate surface area is 153 Å². The van der Waals surface area contributed by atoms with Crippen LogP contribution in [-0.4, -0.2) is 37.2 Å². The zero-order chi connectivity index (χ0) is 19.1. The number of hydrogen-bond donors (Lipinski definition) is 1. The molecule has 0 saturated heterocycles. The Morgan fingerprint density at radius 3 is 2.62 bits per heavy atom. The van der Waals surface area contributed by atoms with Crippen molar-refractivity contribution in [3.63, 3.8) is 0 Å². The minimum absolute atomic E-state index is 0.0338. The first-order valence-corrected chi connectivity index (χ1v) is 8.45. The van der Waals surface area contributed by atoms with Gasteiger partial charge in [0.05, 0.1) is 6.61 Å². The van der Waals surface area contributed by atoms with E-state index in [-0.39, 0.29) is 36.4 Å². The van der Waals surface area contributed by atoms with Crippen LogP contribution in [0.1, 0.15) is 36.8 Å². The van der Waals surface area contributed by atoms with Gasteiger partial charge in [-0.15, -0.1) is 0 Å². The summed E-state index contributed by atoms with van der Waals surface area (Å²) in [6.45, 7) is 3.60. The van der Waals surface area contributed by atoms with Gasteiger partial charge in [0.15, 0.2) is 5.78 Å². The molecule has 1 aliphatic carbocycles. The summed E-state index contributed by atoms with van der Waals surface area (Å²) in [7, 11) is 1.49. The molecule has 140 valence electrons. The smallest absolute Gasteiger partial charge is 0.377 e. The van der Waals surface area contributed by atoms with Crippen LogP contribution in [0.2, 0.25) is 0 Å². The fourth-order valence-electron chi connectivity index (χ4n) is 2.87. The highest BCUT2D eigenvalue weighted by atomic mass is 16.6. The lowest BCUT2D eigenvalue weighted by molar-refractivity contribution is -0.144. The summed E-state index contributed by atoms with van der Waals surface area (Å²) >= 11 is 0. The van der Waals surface area contributed by atoms with Crippen molar-refractivity contribution in [1.29, 1.82) is 0 Å². The zero-order valence-corrected chi connectivity index (χ0v) is 15.3. The van der Waals surface area contributed by atoms with E-state index in [2.05, 4.69) is 0 Å². The molecule has 1 atom stereocenters. The minimum atomic E-state index is -0.798. The Morgan fingerprint density at radius 1 is 1.23 bits per heavy atom. The first-order valence-electron chi connectivity index (χ1n) is 8.45. The zero-order valence-electron chi connectivity index (χ0n) is 15.3. The Balaban J connectivity index is 2.14. The molecular weight excluding hydrogens is 336 g/mol. The summed E-state index contributed by atoms with van der Waals surface area (Å²) in [4.78, 5) is 24.2. The second-order valence-corrected chi connectivity index (χ2v) is 6.18. The molecule has 2 rings (SSSR count). The van der Waals surface area contributed by atoms with E-state index in [1.165, 1.54) is 20.1 Å². The highest BCUT2D eigenvalue weighted by Crippen LogP contribution is 2.34. The van der Waals surface area contributed by atoms with Crippen molar-refractivity contribution >= 4 is 11.8 Å². The fraction of sp³-hybridized carbons (Fsp3) is 0.400.